The van der Waals surface area contributed by atoms with Gasteiger partial charge in [-0.15, -0.1) is 11.3 Å². The molecule has 0 spiro atoms. The fourth-order valence-corrected chi connectivity index (χ4v) is 11.2. The number of hydrogen-bond acceptors (Lipinski definition) is 2. The number of benzene rings is 11. The predicted octanol–water partition coefficient (Wildman–Crippen LogP) is 18.4. The maximum absolute atomic E-state index is 2.42. The topological polar surface area (TPSA) is 8.17 Å². The molecule has 0 N–H and O–H groups in total. The number of hydrogen-bond donors (Lipinski definition) is 0. The molecule has 13 rings (SSSR count). The van der Waals surface area contributed by atoms with Crippen LogP contribution in [0.4, 0.5) is 17.1 Å². The van der Waals surface area contributed by atoms with Gasteiger partial charge in [-0.05, 0) is 129 Å². The highest BCUT2D eigenvalue weighted by molar-refractivity contribution is 7.25. The Hall–Kier alpha value is -8.50. The summed E-state index contributed by atoms with van der Waals surface area (Å²) in [5.41, 5.74) is 16.2. The SMILES string of the molecule is c1ccc(-c2cc(-c3cccc(-n4c5ccccc5c5ccccc54)c3)ccc2N(c2ccc(-c3ccc4ccccc4c3)cc2)c2ccc(-c3ccc4c(c3)sc3ccccc34)cc2)cc1. The first-order valence-corrected chi connectivity index (χ1v) is 23.7. The Bertz CT molecular complexity index is 3920. The lowest BCUT2D eigenvalue weighted by Gasteiger charge is -2.29. The fraction of sp³-hybridized carbons (Fsp3) is 0. The van der Waals surface area contributed by atoms with Crippen LogP contribution in [0.2, 0.25) is 0 Å². The molecule has 2 nitrogen and oxygen atoms in total. The molecule has 0 amide bonds. The van der Waals surface area contributed by atoms with Crippen LogP contribution in [-0.4, -0.2) is 4.57 Å². The van der Waals surface area contributed by atoms with Crippen LogP contribution in [0.15, 0.2) is 255 Å². The molecule has 0 saturated carbocycles. The molecule has 0 aliphatic carbocycles. The molecule has 11 aromatic carbocycles. The lowest BCUT2D eigenvalue weighted by Crippen LogP contribution is -2.11. The molecule has 0 unspecified atom stereocenters. The summed E-state index contributed by atoms with van der Waals surface area (Å²) in [6, 6.07) is 93.3. The fourth-order valence-electron chi connectivity index (χ4n) is 10.1. The molecule has 0 aliphatic rings. The molecule has 0 fully saturated rings. The maximum Gasteiger partial charge on any atom is 0.0541 e. The maximum atomic E-state index is 2.42. The average molecular weight is 871 g/mol. The number of fused-ring (bicyclic) bond motifs is 7. The van der Waals surface area contributed by atoms with Crippen LogP contribution in [0.5, 0.6) is 0 Å². The Morgan fingerprint density at radius 2 is 0.821 bits per heavy atom. The van der Waals surface area contributed by atoms with E-state index in [1.54, 1.807) is 0 Å². The lowest BCUT2D eigenvalue weighted by molar-refractivity contribution is 1.18. The summed E-state index contributed by atoms with van der Waals surface area (Å²) in [4.78, 5) is 2.42. The van der Waals surface area contributed by atoms with Crippen molar-refractivity contribution in [3.05, 3.63) is 255 Å². The van der Waals surface area contributed by atoms with E-state index >= 15 is 0 Å². The van der Waals surface area contributed by atoms with Crippen LogP contribution in [0, 0.1) is 0 Å². The largest absolute Gasteiger partial charge is 0.310 e. The summed E-state index contributed by atoms with van der Waals surface area (Å²) < 4.78 is 5.03. The van der Waals surface area contributed by atoms with Gasteiger partial charge in [0.05, 0.1) is 16.7 Å². The van der Waals surface area contributed by atoms with E-state index in [1.165, 1.54) is 75.0 Å². The minimum absolute atomic E-state index is 1.09. The zero-order valence-electron chi connectivity index (χ0n) is 36.6. The minimum Gasteiger partial charge on any atom is -0.310 e. The van der Waals surface area contributed by atoms with E-state index in [-0.39, 0.29) is 0 Å². The molecule has 0 bridgehead atoms. The van der Waals surface area contributed by atoms with E-state index in [4.69, 9.17) is 0 Å². The predicted molar refractivity (Wildman–Crippen MR) is 288 cm³/mol. The quantitative estimate of drug-likeness (QED) is 0.148. The summed E-state index contributed by atoms with van der Waals surface area (Å²) in [5, 5.41) is 7.64. The third-order valence-corrected chi connectivity index (χ3v) is 14.5. The van der Waals surface area contributed by atoms with E-state index < -0.39 is 0 Å². The van der Waals surface area contributed by atoms with Crippen LogP contribution < -0.4 is 4.90 Å². The number of aromatic nitrogens is 1. The molecular weight excluding hydrogens is 829 g/mol. The summed E-state index contributed by atoms with van der Waals surface area (Å²) in [6.07, 6.45) is 0. The number of para-hydroxylation sites is 2. The van der Waals surface area contributed by atoms with Gasteiger partial charge in [0.2, 0.25) is 0 Å². The second kappa shape index (κ2) is 16.2. The third kappa shape index (κ3) is 6.88. The van der Waals surface area contributed by atoms with Crippen LogP contribution in [0.1, 0.15) is 0 Å². The number of anilines is 3. The Labute approximate surface area is 393 Å². The number of thiophene rings is 1. The highest BCUT2D eigenvalue weighted by Crippen LogP contribution is 2.45. The highest BCUT2D eigenvalue weighted by atomic mass is 32.1. The van der Waals surface area contributed by atoms with Crippen LogP contribution in [0.25, 0.3) is 103 Å². The van der Waals surface area contributed by atoms with Crippen LogP contribution in [0.3, 0.4) is 0 Å². The van der Waals surface area contributed by atoms with Crippen molar-refractivity contribution >= 4 is 81.1 Å². The second-order valence-electron chi connectivity index (χ2n) is 17.3. The Balaban J connectivity index is 0.942. The van der Waals surface area contributed by atoms with Gasteiger partial charge in [-0.25, -0.2) is 0 Å². The Morgan fingerprint density at radius 1 is 0.299 bits per heavy atom. The number of rotatable bonds is 8. The first-order chi connectivity index (χ1) is 33.2. The third-order valence-electron chi connectivity index (χ3n) is 13.4. The van der Waals surface area contributed by atoms with Gasteiger partial charge < -0.3 is 9.47 Å². The van der Waals surface area contributed by atoms with E-state index in [0.717, 1.165) is 45.0 Å². The Kier molecular flexibility index (Phi) is 9.40. The van der Waals surface area contributed by atoms with Gasteiger partial charge in [0.1, 0.15) is 0 Å². The summed E-state index contributed by atoms with van der Waals surface area (Å²) in [7, 11) is 0. The summed E-state index contributed by atoms with van der Waals surface area (Å²) >= 11 is 1.86. The van der Waals surface area contributed by atoms with Crippen molar-refractivity contribution in [1.82, 2.24) is 4.57 Å². The van der Waals surface area contributed by atoms with Crippen molar-refractivity contribution < 1.29 is 0 Å². The minimum atomic E-state index is 1.09. The van der Waals surface area contributed by atoms with Gasteiger partial charge in [-0.2, -0.15) is 0 Å². The number of nitrogens with zero attached hydrogens (tertiary/aromatic N) is 2. The summed E-state index contributed by atoms with van der Waals surface area (Å²) in [6.45, 7) is 0. The molecule has 0 saturated heterocycles. The first-order valence-electron chi connectivity index (χ1n) is 22.9. The van der Waals surface area contributed by atoms with Crippen LogP contribution in [-0.2, 0) is 0 Å². The van der Waals surface area contributed by atoms with Crippen molar-refractivity contribution in [2.24, 2.45) is 0 Å². The zero-order valence-corrected chi connectivity index (χ0v) is 37.4. The van der Waals surface area contributed by atoms with Gasteiger partial charge in [-0.3, -0.25) is 0 Å². The van der Waals surface area contributed by atoms with E-state index in [2.05, 4.69) is 264 Å². The van der Waals surface area contributed by atoms with Gasteiger partial charge >= 0.3 is 0 Å². The van der Waals surface area contributed by atoms with Crippen molar-refractivity contribution in [2.75, 3.05) is 4.90 Å². The second-order valence-corrected chi connectivity index (χ2v) is 18.4. The van der Waals surface area contributed by atoms with Crippen molar-refractivity contribution in [3.63, 3.8) is 0 Å². The van der Waals surface area contributed by atoms with Crippen molar-refractivity contribution in [1.29, 1.82) is 0 Å². The Morgan fingerprint density at radius 3 is 1.55 bits per heavy atom. The zero-order chi connectivity index (χ0) is 44.3. The molecule has 0 radical (unpaired) electrons. The van der Waals surface area contributed by atoms with E-state index in [0.29, 0.717) is 0 Å². The van der Waals surface area contributed by atoms with Gasteiger partial charge in [0.25, 0.3) is 0 Å². The molecule has 0 atom stereocenters. The summed E-state index contributed by atoms with van der Waals surface area (Å²) in [5.74, 6) is 0. The van der Waals surface area contributed by atoms with Crippen LogP contribution >= 0.6 is 11.3 Å². The smallest absolute Gasteiger partial charge is 0.0541 e. The average Bonchev–Trinajstić information content (AvgIpc) is 3.95. The molecule has 13 aromatic rings. The standard InChI is InChI=1S/C64H42N2S/c1-2-14-46(15-3-1)59-41-50(48-17-12-18-54(40-48)66-60-22-9-6-19-55(60)56-20-7-10-23-61(56)66)32-38-62(59)65(52-33-27-44(28-34-52)49-26-25-43-13-4-5-16-47(43)39-49)53-35-29-45(30-36-53)51-31-37-58-57-21-8-11-24-63(57)67-64(58)42-51/h1-42H. The molecule has 2 heterocycles. The molecule has 314 valence electrons. The molecular formula is C64H42N2S. The molecule has 2 aromatic heterocycles. The molecule has 3 heteroatoms. The van der Waals surface area contributed by atoms with E-state index in [9.17, 15) is 0 Å². The van der Waals surface area contributed by atoms with E-state index in [1.807, 2.05) is 11.3 Å². The lowest BCUT2D eigenvalue weighted by atomic mass is 9.95. The van der Waals surface area contributed by atoms with Crippen molar-refractivity contribution in [3.8, 4) is 50.2 Å². The molecule has 0 aliphatic heterocycles. The highest BCUT2D eigenvalue weighted by Gasteiger charge is 2.20. The first kappa shape index (κ1) is 38.9. The van der Waals surface area contributed by atoms with Gasteiger partial charge in [0.15, 0.2) is 0 Å². The van der Waals surface area contributed by atoms with Gasteiger partial charge in [0, 0.05) is 53.6 Å². The monoisotopic (exact) mass is 870 g/mol. The van der Waals surface area contributed by atoms with Gasteiger partial charge in [-0.1, -0.05) is 176 Å². The normalized spacial score (nSPS) is 11.6. The van der Waals surface area contributed by atoms with Crippen molar-refractivity contribution in [2.45, 2.75) is 0 Å². The molecule has 67 heavy (non-hydrogen) atoms.